The van der Waals surface area contributed by atoms with E-state index in [1.165, 1.54) is 20.4 Å². The maximum absolute atomic E-state index is 12.6. The zero-order valence-electron chi connectivity index (χ0n) is 12.0. The Labute approximate surface area is 127 Å². The van der Waals surface area contributed by atoms with Crippen LogP contribution < -0.4 is 9.47 Å². The SMILES string of the molecule is COc1cnc(C(=O)C2CSC(C)C(C)S2)c(OC)n1. The first-order valence-corrected chi connectivity index (χ1v) is 8.32. The zero-order chi connectivity index (χ0) is 14.7. The van der Waals surface area contributed by atoms with Crippen molar-refractivity contribution in [2.45, 2.75) is 29.6 Å². The minimum absolute atomic E-state index is 0.0201. The molecule has 110 valence electrons. The van der Waals surface area contributed by atoms with Crippen LogP contribution in [0.25, 0.3) is 0 Å². The summed E-state index contributed by atoms with van der Waals surface area (Å²) >= 11 is 3.52. The lowest BCUT2D eigenvalue weighted by molar-refractivity contribution is 0.0985. The van der Waals surface area contributed by atoms with Gasteiger partial charge in [-0.3, -0.25) is 4.79 Å². The van der Waals surface area contributed by atoms with Crippen molar-refractivity contribution in [1.82, 2.24) is 9.97 Å². The Hall–Kier alpha value is -0.950. The van der Waals surface area contributed by atoms with Gasteiger partial charge in [0.2, 0.25) is 17.5 Å². The van der Waals surface area contributed by atoms with Crippen molar-refractivity contribution in [2.24, 2.45) is 0 Å². The summed E-state index contributed by atoms with van der Waals surface area (Å²) in [5.74, 6) is 1.34. The van der Waals surface area contributed by atoms with Gasteiger partial charge in [0.1, 0.15) is 0 Å². The molecule has 2 rings (SSSR count). The van der Waals surface area contributed by atoms with Crippen LogP contribution in [0.1, 0.15) is 24.3 Å². The number of rotatable bonds is 4. The summed E-state index contributed by atoms with van der Waals surface area (Å²) in [5.41, 5.74) is 0.285. The smallest absolute Gasteiger partial charge is 0.246 e. The van der Waals surface area contributed by atoms with Crippen LogP contribution in [0.5, 0.6) is 11.8 Å². The van der Waals surface area contributed by atoms with Gasteiger partial charge in [0.15, 0.2) is 5.69 Å². The van der Waals surface area contributed by atoms with Gasteiger partial charge in [-0.15, -0.1) is 11.8 Å². The van der Waals surface area contributed by atoms with Crippen LogP contribution in [-0.4, -0.2) is 51.5 Å². The molecule has 2 heterocycles. The number of hydrogen-bond acceptors (Lipinski definition) is 7. The van der Waals surface area contributed by atoms with Crippen molar-refractivity contribution >= 4 is 29.3 Å². The summed E-state index contributed by atoms with van der Waals surface area (Å²) in [6.07, 6.45) is 1.45. The highest BCUT2D eigenvalue weighted by atomic mass is 32.2. The van der Waals surface area contributed by atoms with Crippen molar-refractivity contribution in [2.75, 3.05) is 20.0 Å². The molecule has 1 aliphatic heterocycles. The number of ether oxygens (including phenoxy) is 2. The van der Waals surface area contributed by atoms with Gasteiger partial charge in [0, 0.05) is 16.3 Å². The number of aromatic nitrogens is 2. The lowest BCUT2D eigenvalue weighted by Crippen LogP contribution is -2.32. The van der Waals surface area contributed by atoms with Crippen LogP contribution >= 0.6 is 23.5 Å². The molecule has 1 aromatic heterocycles. The lowest BCUT2D eigenvalue weighted by atomic mass is 10.2. The first kappa shape index (κ1) is 15.4. The summed E-state index contributed by atoms with van der Waals surface area (Å²) in [6.45, 7) is 4.34. The zero-order valence-corrected chi connectivity index (χ0v) is 13.6. The van der Waals surface area contributed by atoms with Gasteiger partial charge < -0.3 is 9.47 Å². The van der Waals surface area contributed by atoms with E-state index >= 15 is 0 Å². The van der Waals surface area contributed by atoms with Gasteiger partial charge in [-0.1, -0.05) is 13.8 Å². The summed E-state index contributed by atoms with van der Waals surface area (Å²) in [5, 5.41) is 0.913. The largest absolute Gasteiger partial charge is 0.480 e. The number of methoxy groups -OCH3 is 2. The van der Waals surface area contributed by atoms with Gasteiger partial charge in [-0.05, 0) is 0 Å². The van der Waals surface area contributed by atoms with E-state index in [1.807, 2.05) is 11.8 Å². The molecular formula is C13H18N2O3S2. The fourth-order valence-corrected chi connectivity index (χ4v) is 4.69. The Kier molecular flexibility index (Phi) is 5.15. The molecule has 3 unspecified atom stereocenters. The lowest BCUT2D eigenvalue weighted by Gasteiger charge is -2.30. The van der Waals surface area contributed by atoms with Crippen LogP contribution in [0.4, 0.5) is 0 Å². The highest BCUT2D eigenvalue weighted by molar-refractivity contribution is 8.08. The van der Waals surface area contributed by atoms with Gasteiger partial charge in [0.25, 0.3) is 0 Å². The van der Waals surface area contributed by atoms with Crippen molar-refractivity contribution < 1.29 is 14.3 Å². The van der Waals surface area contributed by atoms with Crippen molar-refractivity contribution in [3.8, 4) is 11.8 Å². The van der Waals surface area contributed by atoms with Crippen LogP contribution in [0, 0.1) is 0 Å². The molecule has 1 aliphatic rings. The van der Waals surface area contributed by atoms with E-state index in [4.69, 9.17) is 9.47 Å². The highest BCUT2D eigenvalue weighted by Gasteiger charge is 2.33. The van der Waals surface area contributed by atoms with Gasteiger partial charge in [-0.25, -0.2) is 4.98 Å². The minimum atomic E-state index is -0.0946. The van der Waals surface area contributed by atoms with Crippen LogP contribution in [0.2, 0.25) is 0 Å². The fraction of sp³-hybridized carbons (Fsp3) is 0.615. The predicted molar refractivity (Wildman–Crippen MR) is 82.2 cm³/mol. The van der Waals surface area contributed by atoms with E-state index in [0.29, 0.717) is 16.4 Å². The van der Waals surface area contributed by atoms with E-state index in [1.54, 1.807) is 11.8 Å². The third-order valence-corrected chi connectivity index (χ3v) is 6.59. The molecule has 0 aliphatic carbocycles. The first-order chi connectivity index (χ1) is 9.56. The molecule has 20 heavy (non-hydrogen) atoms. The highest BCUT2D eigenvalue weighted by Crippen LogP contribution is 2.37. The van der Waals surface area contributed by atoms with Crippen molar-refractivity contribution in [3.05, 3.63) is 11.9 Å². The monoisotopic (exact) mass is 314 g/mol. The fourth-order valence-electron chi connectivity index (χ4n) is 1.84. The third-order valence-electron chi connectivity index (χ3n) is 3.20. The molecule has 0 bridgehead atoms. The molecular weight excluding hydrogens is 296 g/mol. The number of hydrogen-bond donors (Lipinski definition) is 0. The maximum Gasteiger partial charge on any atom is 0.246 e. The Morgan fingerprint density at radius 3 is 2.65 bits per heavy atom. The van der Waals surface area contributed by atoms with E-state index in [0.717, 1.165) is 5.75 Å². The summed E-state index contributed by atoms with van der Waals surface area (Å²) in [7, 11) is 2.98. The molecule has 0 saturated carbocycles. The summed E-state index contributed by atoms with van der Waals surface area (Å²) < 4.78 is 10.2. The molecule has 0 amide bonds. The van der Waals surface area contributed by atoms with Gasteiger partial charge in [-0.2, -0.15) is 16.7 Å². The Morgan fingerprint density at radius 2 is 2.05 bits per heavy atom. The summed E-state index contributed by atoms with van der Waals surface area (Å²) in [6, 6.07) is 0. The van der Waals surface area contributed by atoms with Crippen molar-refractivity contribution in [3.63, 3.8) is 0 Å². The Bertz CT molecular complexity index is 499. The number of carbonyl (C=O) groups is 1. The topological polar surface area (TPSA) is 61.3 Å². The average Bonchev–Trinajstić information content (AvgIpc) is 2.48. The van der Waals surface area contributed by atoms with Crippen LogP contribution in [-0.2, 0) is 0 Å². The molecule has 3 atom stereocenters. The predicted octanol–water partition coefficient (Wildman–Crippen LogP) is 2.30. The van der Waals surface area contributed by atoms with E-state index in [9.17, 15) is 4.79 Å². The van der Waals surface area contributed by atoms with Crippen LogP contribution in [0.15, 0.2) is 6.20 Å². The molecule has 0 radical (unpaired) electrons. The minimum Gasteiger partial charge on any atom is -0.480 e. The summed E-state index contributed by atoms with van der Waals surface area (Å²) in [4.78, 5) is 20.8. The quantitative estimate of drug-likeness (QED) is 0.790. The van der Waals surface area contributed by atoms with Crippen molar-refractivity contribution in [1.29, 1.82) is 0 Å². The molecule has 0 spiro atoms. The van der Waals surface area contributed by atoms with Gasteiger partial charge >= 0.3 is 0 Å². The van der Waals surface area contributed by atoms with E-state index in [-0.39, 0.29) is 22.6 Å². The maximum atomic E-state index is 12.6. The average molecular weight is 314 g/mol. The third kappa shape index (κ3) is 3.20. The number of ketones is 1. The molecule has 7 heteroatoms. The molecule has 1 aromatic rings. The second-order valence-electron chi connectivity index (χ2n) is 4.50. The number of carbonyl (C=O) groups excluding carboxylic acids is 1. The molecule has 0 N–H and O–H groups in total. The standard InChI is InChI=1S/C13H18N2O3S2/c1-7-8(2)20-9(6-19-7)12(16)11-13(18-4)15-10(17-3)5-14-11/h5,7-9H,6H2,1-4H3. The Morgan fingerprint density at radius 1 is 1.30 bits per heavy atom. The second-order valence-corrected chi connectivity index (χ2v) is 7.50. The normalized spacial score (nSPS) is 26.1. The molecule has 1 saturated heterocycles. The Balaban J connectivity index is 2.20. The van der Waals surface area contributed by atoms with Gasteiger partial charge in [0.05, 0.1) is 25.7 Å². The molecule has 1 fully saturated rings. The molecule has 0 aromatic carbocycles. The molecule has 5 nitrogen and oxygen atoms in total. The van der Waals surface area contributed by atoms with E-state index in [2.05, 4.69) is 23.8 Å². The first-order valence-electron chi connectivity index (χ1n) is 6.33. The second kappa shape index (κ2) is 6.67. The number of nitrogens with zero attached hydrogens (tertiary/aromatic N) is 2. The number of Topliss-reactive ketones (excluding diaryl/α,β-unsaturated/α-hetero) is 1. The number of thioether (sulfide) groups is 2. The van der Waals surface area contributed by atoms with E-state index < -0.39 is 0 Å². The van der Waals surface area contributed by atoms with Crippen LogP contribution in [0.3, 0.4) is 0 Å².